The minimum absolute atomic E-state index is 0.0321. The van der Waals surface area contributed by atoms with Crippen LogP contribution in [0, 0.1) is 5.82 Å². The van der Waals surface area contributed by atoms with Crippen LogP contribution in [0.4, 0.5) is 4.39 Å². The van der Waals surface area contributed by atoms with E-state index in [1.807, 2.05) is 0 Å². The van der Waals surface area contributed by atoms with Crippen molar-refractivity contribution in [3.63, 3.8) is 0 Å². The Morgan fingerprint density at radius 3 is 2.67 bits per heavy atom. The van der Waals surface area contributed by atoms with Gasteiger partial charge in [-0.3, -0.25) is 0 Å². The van der Waals surface area contributed by atoms with Crippen LogP contribution < -0.4 is 0 Å². The Morgan fingerprint density at radius 2 is 2.07 bits per heavy atom. The molecule has 0 fully saturated rings. The van der Waals surface area contributed by atoms with Gasteiger partial charge in [-0.15, -0.1) is 11.8 Å². The van der Waals surface area contributed by atoms with Crippen LogP contribution in [0.1, 0.15) is 5.82 Å². The molecule has 0 amide bonds. The number of nitrogens with zero attached hydrogens (tertiary/aromatic N) is 2. The molecule has 0 unspecified atom stereocenters. The summed E-state index contributed by atoms with van der Waals surface area (Å²) in [5.41, 5.74) is 0. The first-order chi connectivity index (χ1) is 7.24. The second-order valence-corrected chi connectivity index (χ2v) is 4.08. The van der Waals surface area contributed by atoms with E-state index in [1.54, 1.807) is 12.1 Å². The lowest BCUT2D eigenvalue weighted by Gasteiger charge is -1.97. The summed E-state index contributed by atoms with van der Waals surface area (Å²) < 4.78 is 17.2. The molecule has 1 aromatic heterocycles. The lowest BCUT2D eigenvalue weighted by atomic mass is 10.4. The van der Waals surface area contributed by atoms with Gasteiger partial charge in [-0.2, -0.15) is 4.98 Å². The fourth-order valence-corrected chi connectivity index (χ4v) is 1.84. The van der Waals surface area contributed by atoms with Crippen molar-refractivity contribution in [3.05, 3.63) is 41.3 Å². The molecule has 0 N–H and O–H groups in total. The topological polar surface area (TPSA) is 38.9 Å². The smallest absolute Gasteiger partial charge is 0.320 e. The zero-order chi connectivity index (χ0) is 10.7. The number of hydrogen-bond donors (Lipinski definition) is 0. The summed E-state index contributed by atoms with van der Waals surface area (Å²) in [6.45, 7) is 0. The maximum Gasteiger partial charge on any atom is 0.320 e. The highest BCUT2D eigenvalue weighted by Crippen LogP contribution is 2.21. The molecule has 0 spiro atoms. The van der Waals surface area contributed by atoms with Crippen molar-refractivity contribution in [2.75, 3.05) is 0 Å². The molecule has 15 heavy (non-hydrogen) atoms. The highest BCUT2D eigenvalue weighted by Gasteiger charge is 2.04. The van der Waals surface area contributed by atoms with E-state index >= 15 is 0 Å². The zero-order valence-corrected chi connectivity index (χ0v) is 9.06. The summed E-state index contributed by atoms with van der Waals surface area (Å²) in [4.78, 5) is 4.78. The van der Waals surface area contributed by atoms with Gasteiger partial charge in [-0.25, -0.2) is 4.39 Å². The maximum atomic E-state index is 12.6. The van der Waals surface area contributed by atoms with E-state index in [9.17, 15) is 4.39 Å². The Balaban J connectivity index is 1.96. The van der Waals surface area contributed by atoms with E-state index in [4.69, 9.17) is 11.6 Å². The summed E-state index contributed by atoms with van der Waals surface area (Å²) in [5, 5.41) is 3.67. The standard InChI is InChI=1S/C9H6ClFN2OS/c10-9-12-8(13-14-9)5-15-7-3-1-6(11)2-4-7/h1-4H,5H2. The van der Waals surface area contributed by atoms with Gasteiger partial charge in [0.1, 0.15) is 5.82 Å². The number of hydrogen-bond acceptors (Lipinski definition) is 4. The van der Waals surface area contributed by atoms with Gasteiger partial charge in [0.25, 0.3) is 0 Å². The largest absolute Gasteiger partial charge is 0.321 e. The molecular weight excluding hydrogens is 239 g/mol. The Labute approximate surface area is 94.6 Å². The molecule has 3 nitrogen and oxygen atoms in total. The first-order valence-corrected chi connectivity index (χ1v) is 5.47. The van der Waals surface area contributed by atoms with E-state index in [2.05, 4.69) is 14.7 Å². The van der Waals surface area contributed by atoms with Crippen molar-refractivity contribution in [1.29, 1.82) is 0 Å². The minimum Gasteiger partial charge on any atom is -0.321 e. The van der Waals surface area contributed by atoms with E-state index in [1.165, 1.54) is 23.9 Å². The molecule has 6 heteroatoms. The van der Waals surface area contributed by atoms with Gasteiger partial charge in [0, 0.05) is 4.90 Å². The summed E-state index contributed by atoms with van der Waals surface area (Å²) in [6, 6.07) is 6.21. The normalized spacial score (nSPS) is 10.5. The summed E-state index contributed by atoms with van der Waals surface area (Å²) in [7, 11) is 0. The van der Waals surface area contributed by atoms with Crippen molar-refractivity contribution >= 4 is 23.4 Å². The fraction of sp³-hybridized carbons (Fsp3) is 0.111. The molecule has 2 rings (SSSR count). The van der Waals surface area contributed by atoms with E-state index in [0.717, 1.165) is 4.90 Å². The third kappa shape index (κ3) is 2.94. The predicted octanol–water partition coefficient (Wildman–Crippen LogP) is 3.15. The predicted molar refractivity (Wildman–Crippen MR) is 55.3 cm³/mol. The average molecular weight is 245 g/mol. The first-order valence-electron chi connectivity index (χ1n) is 4.10. The lowest BCUT2D eigenvalue weighted by Crippen LogP contribution is -1.83. The van der Waals surface area contributed by atoms with Crippen LogP contribution in [0.5, 0.6) is 0 Å². The van der Waals surface area contributed by atoms with E-state index in [-0.39, 0.29) is 11.2 Å². The summed E-state index contributed by atoms with van der Waals surface area (Å²) in [6.07, 6.45) is 0. The maximum absolute atomic E-state index is 12.6. The van der Waals surface area contributed by atoms with Crippen LogP contribution in [0.15, 0.2) is 33.7 Å². The van der Waals surface area contributed by atoms with Crippen LogP contribution >= 0.6 is 23.4 Å². The van der Waals surface area contributed by atoms with Gasteiger partial charge >= 0.3 is 5.35 Å². The second kappa shape index (κ2) is 4.63. The monoisotopic (exact) mass is 244 g/mol. The SMILES string of the molecule is Fc1ccc(SCc2noc(Cl)n2)cc1. The van der Waals surface area contributed by atoms with Gasteiger partial charge in [0.2, 0.25) is 0 Å². The molecule has 2 aromatic rings. The van der Waals surface area contributed by atoms with Gasteiger partial charge in [-0.05, 0) is 35.9 Å². The Morgan fingerprint density at radius 1 is 1.33 bits per heavy atom. The highest BCUT2D eigenvalue weighted by molar-refractivity contribution is 7.98. The second-order valence-electron chi connectivity index (χ2n) is 2.71. The third-order valence-electron chi connectivity index (χ3n) is 1.62. The molecule has 78 valence electrons. The Hall–Kier alpha value is -1.07. The quantitative estimate of drug-likeness (QED) is 0.778. The Bertz CT molecular complexity index is 446. The number of aromatic nitrogens is 2. The average Bonchev–Trinajstić information content (AvgIpc) is 2.64. The van der Waals surface area contributed by atoms with Crippen LogP contribution in [-0.4, -0.2) is 10.1 Å². The number of halogens is 2. The molecule has 0 saturated carbocycles. The van der Waals surface area contributed by atoms with Crippen LogP contribution in [0.3, 0.4) is 0 Å². The van der Waals surface area contributed by atoms with Crippen molar-refractivity contribution in [3.8, 4) is 0 Å². The Kier molecular flexibility index (Phi) is 3.23. The van der Waals surface area contributed by atoms with Gasteiger partial charge in [0.05, 0.1) is 5.75 Å². The molecule has 0 saturated heterocycles. The zero-order valence-electron chi connectivity index (χ0n) is 7.48. The van der Waals surface area contributed by atoms with Crippen molar-refractivity contribution < 1.29 is 8.91 Å². The number of thioether (sulfide) groups is 1. The highest BCUT2D eigenvalue weighted by atomic mass is 35.5. The van der Waals surface area contributed by atoms with Crippen LogP contribution in [-0.2, 0) is 5.75 Å². The summed E-state index contributed by atoms with van der Waals surface area (Å²) in [5.74, 6) is 0.818. The van der Waals surface area contributed by atoms with Gasteiger partial charge < -0.3 is 4.52 Å². The molecule has 1 heterocycles. The molecular formula is C9H6ClFN2OS. The fourth-order valence-electron chi connectivity index (χ4n) is 0.970. The molecule has 0 radical (unpaired) electrons. The molecule has 0 aliphatic carbocycles. The van der Waals surface area contributed by atoms with Crippen LogP contribution in [0.25, 0.3) is 0 Å². The van der Waals surface area contributed by atoms with Crippen LogP contribution in [0.2, 0.25) is 5.35 Å². The van der Waals surface area contributed by atoms with Crippen molar-refractivity contribution in [1.82, 2.24) is 10.1 Å². The van der Waals surface area contributed by atoms with E-state index < -0.39 is 0 Å². The van der Waals surface area contributed by atoms with E-state index in [0.29, 0.717) is 11.6 Å². The third-order valence-corrected chi connectivity index (χ3v) is 2.79. The van der Waals surface area contributed by atoms with Gasteiger partial charge in [0.15, 0.2) is 5.82 Å². The minimum atomic E-state index is -0.248. The van der Waals surface area contributed by atoms with Gasteiger partial charge in [-0.1, -0.05) is 5.16 Å². The first kappa shape index (κ1) is 10.4. The van der Waals surface area contributed by atoms with Crippen molar-refractivity contribution in [2.24, 2.45) is 0 Å². The molecule has 0 atom stereocenters. The molecule has 1 aromatic carbocycles. The number of rotatable bonds is 3. The van der Waals surface area contributed by atoms with Crippen molar-refractivity contribution in [2.45, 2.75) is 10.6 Å². The molecule has 0 aliphatic rings. The molecule has 0 aliphatic heterocycles. The molecule has 0 bridgehead atoms. The number of benzene rings is 1. The lowest BCUT2D eigenvalue weighted by molar-refractivity contribution is 0.414. The summed E-state index contributed by atoms with van der Waals surface area (Å²) >= 11 is 6.95.